The van der Waals surface area contributed by atoms with Gasteiger partial charge in [0, 0.05) is 18.2 Å². The number of rotatable bonds is 2. The van der Waals surface area contributed by atoms with Gasteiger partial charge in [0.15, 0.2) is 0 Å². The van der Waals surface area contributed by atoms with E-state index in [1.54, 1.807) is 0 Å². The number of hydrogen-bond donors (Lipinski definition) is 1. The molecular weight excluding hydrogens is 328 g/mol. The zero-order valence-electron chi connectivity index (χ0n) is 13.7. The first-order chi connectivity index (χ1) is 11.7. The Labute approximate surface area is 147 Å². The third-order valence-electron chi connectivity index (χ3n) is 5.30. The smallest absolute Gasteiger partial charge is 0.318 e. The Morgan fingerprint density at radius 2 is 2.21 bits per heavy atom. The summed E-state index contributed by atoms with van der Waals surface area (Å²) >= 11 is 6.07. The van der Waals surface area contributed by atoms with E-state index in [0.29, 0.717) is 19.8 Å². The molecule has 0 aromatic heterocycles. The summed E-state index contributed by atoms with van der Waals surface area (Å²) < 4.78 is 11.4. The second-order valence-corrected chi connectivity index (χ2v) is 7.21. The van der Waals surface area contributed by atoms with Gasteiger partial charge in [-0.15, -0.1) is 0 Å². The summed E-state index contributed by atoms with van der Waals surface area (Å²) in [5, 5.41) is 3.97. The van der Waals surface area contributed by atoms with Crippen LogP contribution in [0.1, 0.15) is 36.4 Å². The van der Waals surface area contributed by atoms with E-state index in [-0.39, 0.29) is 24.2 Å². The molecule has 1 aromatic carbocycles. The maximum Gasteiger partial charge on any atom is 0.318 e. The van der Waals surface area contributed by atoms with Crippen molar-refractivity contribution < 1.29 is 14.3 Å². The Hall–Kier alpha value is -1.30. The van der Waals surface area contributed by atoms with Gasteiger partial charge >= 0.3 is 6.03 Å². The molecule has 24 heavy (non-hydrogen) atoms. The number of hydrogen-bond acceptors (Lipinski definition) is 3. The average molecular weight is 351 g/mol. The molecular formula is C18H23ClN2O3. The number of carbonyl (C=O) groups excluding carboxylic acids is 1. The second kappa shape index (κ2) is 6.90. The van der Waals surface area contributed by atoms with Crippen LogP contribution in [-0.2, 0) is 15.9 Å². The van der Waals surface area contributed by atoms with E-state index in [9.17, 15) is 4.79 Å². The number of amides is 2. The monoisotopic (exact) mass is 350 g/mol. The lowest BCUT2D eigenvalue weighted by Crippen LogP contribution is -2.57. The molecule has 0 saturated carbocycles. The van der Waals surface area contributed by atoms with Crippen molar-refractivity contribution in [3.8, 4) is 0 Å². The average Bonchev–Trinajstić information content (AvgIpc) is 3.25. The highest BCUT2D eigenvalue weighted by Gasteiger charge is 2.37. The Morgan fingerprint density at radius 3 is 3.04 bits per heavy atom. The zero-order chi connectivity index (χ0) is 16.5. The van der Waals surface area contributed by atoms with Gasteiger partial charge in [0.25, 0.3) is 0 Å². The minimum absolute atomic E-state index is 0.00778. The van der Waals surface area contributed by atoms with Gasteiger partial charge in [-0.2, -0.15) is 0 Å². The van der Waals surface area contributed by atoms with Crippen LogP contribution < -0.4 is 5.32 Å². The molecule has 0 spiro atoms. The fourth-order valence-electron chi connectivity index (χ4n) is 4.06. The minimum atomic E-state index is -0.00778. The molecule has 3 atom stereocenters. The van der Waals surface area contributed by atoms with Crippen LogP contribution in [-0.4, -0.2) is 49.4 Å². The first-order valence-electron chi connectivity index (χ1n) is 8.77. The first kappa shape index (κ1) is 16.2. The van der Waals surface area contributed by atoms with Crippen molar-refractivity contribution in [1.29, 1.82) is 0 Å². The van der Waals surface area contributed by atoms with E-state index in [4.69, 9.17) is 21.1 Å². The van der Waals surface area contributed by atoms with Crippen LogP contribution in [0.4, 0.5) is 4.79 Å². The number of halogens is 1. The van der Waals surface area contributed by atoms with Crippen LogP contribution in [0.3, 0.4) is 0 Å². The maximum atomic E-state index is 12.9. The van der Waals surface area contributed by atoms with Crippen LogP contribution in [0.5, 0.6) is 0 Å². The highest BCUT2D eigenvalue weighted by molar-refractivity contribution is 6.30. The quantitative estimate of drug-likeness (QED) is 0.892. The van der Waals surface area contributed by atoms with Crippen LogP contribution in [0, 0.1) is 0 Å². The molecule has 5 nitrogen and oxygen atoms in total. The van der Waals surface area contributed by atoms with E-state index in [0.717, 1.165) is 37.3 Å². The summed E-state index contributed by atoms with van der Waals surface area (Å²) in [6, 6.07) is 6.02. The summed E-state index contributed by atoms with van der Waals surface area (Å²) in [6.45, 7) is 2.56. The van der Waals surface area contributed by atoms with Gasteiger partial charge in [0.2, 0.25) is 0 Å². The number of fused-ring (bicyclic) bond motifs is 1. The number of nitrogens with one attached hydrogen (secondary N) is 1. The molecule has 2 heterocycles. The molecule has 6 heteroatoms. The molecule has 0 radical (unpaired) electrons. The predicted octanol–water partition coefficient (Wildman–Crippen LogP) is 2.92. The third-order valence-corrected chi connectivity index (χ3v) is 5.54. The lowest BCUT2D eigenvalue weighted by Gasteiger charge is -2.39. The Bertz CT molecular complexity index is 618. The molecule has 4 rings (SSSR count). The standard InChI is InChI=1S/C18H23ClN2O3/c19-13-4-5-14-12(10-13)3-6-15(14)20-18(22)21-7-9-23-11-16(21)17-2-1-8-24-17/h4-5,10,15-17H,1-3,6-9,11H2,(H,20,22). The molecule has 1 N–H and O–H groups in total. The van der Waals surface area contributed by atoms with Gasteiger partial charge in [-0.25, -0.2) is 4.79 Å². The van der Waals surface area contributed by atoms with Crippen molar-refractivity contribution in [2.24, 2.45) is 0 Å². The predicted molar refractivity (Wildman–Crippen MR) is 91.3 cm³/mol. The Kier molecular flexibility index (Phi) is 4.66. The van der Waals surface area contributed by atoms with Crippen LogP contribution in [0.25, 0.3) is 0 Å². The first-order valence-corrected chi connectivity index (χ1v) is 9.15. The lowest BCUT2D eigenvalue weighted by atomic mass is 10.1. The van der Waals surface area contributed by atoms with Crippen LogP contribution in [0.15, 0.2) is 18.2 Å². The van der Waals surface area contributed by atoms with Crippen molar-refractivity contribution in [3.05, 3.63) is 34.3 Å². The molecule has 1 aliphatic carbocycles. The SMILES string of the molecule is O=C(NC1CCc2cc(Cl)ccc21)N1CCOCC1C1CCCO1. The number of morpholine rings is 1. The van der Waals surface area contributed by atoms with E-state index in [1.807, 2.05) is 23.1 Å². The Morgan fingerprint density at radius 1 is 1.29 bits per heavy atom. The number of carbonyl (C=O) groups is 1. The summed E-state index contributed by atoms with van der Waals surface area (Å²) in [5.41, 5.74) is 2.43. The van der Waals surface area contributed by atoms with E-state index >= 15 is 0 Å². The van der Waals surface area contributed by atoms with Gasteiger partial charge in [-0.3, -0.25) is 0 Å². The summed E-state index contributed by atoms with van der Waals surface area (Å²) in [5.74, 6) is 0. The maximum absolute atomic E-state index is 12.9. The van der Waals surface area contributed by atoms with Gasteiger partial charge in [0.1, 0.15) is 0 Å². The van der Waals surface area contributed by atoms with Crippen molar-refractivity contribution in [2.45, 2.75) is 43.9 Å². The van der Waals surface area contributed by atoms with Gasteiger partial charge in [-0.05, 0) is 48.9 Å². The molecule has 130 valence electrons. The molecule has 1 aromatic rings. The van der Waals surface area contributed by atoms with Crippen LogP contribution >= 0.6 is 11.6 Å². The highest BCUT2D eigenvalue weighted by atomic mass is 35.5. The topological polar surface area (TPSA) is 50.8 Å². The van der Waals surface area contributed by atoms with Crippen molar-refractivity contribution >= 4 is 17.6 Å². The molecule has 0 bridgehead atoms. The van der Waals surface area contributed by atoms with Gasteiger partial charge in [-0.1, -0.05) is 17.7 Å². The molecule has 2 amide bonds. The molecule has 2 saturated heterocycles. The zero-order valence-corrected chi connectivity index (χ0v) is 14.4. The van der Waals surface area contributed by atoms with E-state index in [1.165, 1.54) is 11.1 Å². The number of urea groups is 1. The molecule has 2 fully saturated rings. The normalized spacial score (nSPS) is 29.5. The lowest BCUT2D eigenvalue weighted by molar-refractivity contribution is -0.0476. The van der Waals surface area contributed by atoms with Crippen molar-refractivity contribution in [3.63, 3.8) is 0 Å². The van der Waals surface area contributed by atoms with Gasteiger partial charge in [0.05, 0.1) is 31.4 Å². The Balaban J connectivity index is 1.45. The fourth-order valence-corrected chi connectivity index (χ4v) is 4.25. The van der Waals surface area contributed by atoms with Crippen molar-refractivity contribution in [2.75, 3.05) is 26.4 Å². The third kappa shape index (κ3) is 3.13. The number of nitrogens with zero attached hydrogens (tertiary/aromatic N) is 1. The molecule has 3 aliphatic rings. The minimum Gasteiger partial charge on any atom is -0.377 e. The van der Waals surface area contributed by atoms with E-state index < -0.39 is 0 Å². The summed E-state index contributed by atoms with van der Waals surface area (Å²) in [4.78, 5) is 14.8. The van der Waals surface area contributed by atoms with Gasteiger partial charge < -0.3 is 19.7 Å². The fraction of sp³-hybridized carbons (Fsp3) is 0.611. The number of benzene rings is 1. The summed E-state index contributed by atoms with van der Waals surface area (Å²) in [6.07, 6.45) is 4.05. The largest absolute Gasteiger partial charge is 0.377 e. The second-order valence-electron chi connectivity index (χ2n) is 6.77. The van der Waals surface area contributed by atoms with Crippen molar-refractivity contribution in [1.82, 2.24) is 10.2 Å². The highest BCUT2D eigenvalue weighted by Crippen LogP contribution is 2.33. The summed E-state index contributed by atoms with van der Waals surface area (Å²) in [7, 11) is 0. The number of aryl methyl sites for hydroxylation is 1. The van der Waals surface area contributed by atoms with Crippen LogP contribution in [0.2, 0.25) is 5.02 Å². The number of ether oxygens (including phenoxy) is 2. The molecule has 3 unspecified atom stereocenters. The molecule has 2 aliphatic heterocycles. The van der Waals surface area contributed by atoms with E-state index in [2.05, 4.69) is 5.32 Å².